The molecular weight excluding hydrogens is 208 g/mol. The van der Waals surface area contributed by atoms with Gasteiger partial charge in [-0.05, 0) is 45.2 Å². The van der Waals surface area contributed by atoms with Crippen molar-refractivity contribution >= 4 is 0 Å². The second-order valence-electron chi connectivity index (χ2n) is 5.95. The van der Waals surface area contributed by atoms with E-state index in [2.05, 4.69) is 24.1 Å². The maximum Gasteiger partial charge on any atom is 0.0125 e. The Labute approximate surface area is 107 Å². The first-order chi connectivity index (χ1) is 8.33. The van der Waals surface area contributed by atoms with Gasteiger partial charge in [0.2, 0.25) is 0 Å². The molecule has 0 aliphatic carbocycles. The molecule has 1 N–H and O–H groups in total. The SMILES string of the molecule is CCCCCCN(CC)C1CC2CCC(C1)N2. The number of hydrogen-bond acceptors (Lipinski definition) is 2. The molecule has 0 aromatic rings. The van der Waals surface area contributed by atoms with Crippen LogP contribution in [0.5, 0.6) is 0 Å². The van der Waals surface area contributed by atoms with E-state index in [0.717, 1.165) is 18.1 Å². The van der Waals surface area contributed by atoms with Gasteiger partial charge in [-0.15, -0.1) is 0 Å². The molecular formula is C15H30N2. The van der Waals surface area contributed by atoms with E-state index < -0.39 is 0 Å². The molecule has 100 valence electrons. The molecule has 0 radical (unpaired) electrons. The van der Waals surface area contributed by atoms with E-state index in [1.54, 1.807) is 0 Å². The summed E-state index contributed by atoms with van der Waals surface area (Å²) in [6.07, 6.45) is 11.2. The van der Waals surface area contributed by atoms with Gasteiger partial charge >= 0.3 is 0 Å². The van der Waals surface area contributed by atoms with E-state index in [1.165, 1.54) is 64.5 Å². The Kier molecular flexibility index (Phi) is 5.30. The fraction of sp³-hybridized carbons (Fsp3) is 1.00. The van der Waals surface area contributed by atoms with Crippen molar-refractivity contribution in [3.05, 3.63) is 0 Å². The topological polar surface area (TPSA) is 15.3 Å². The number of rotatable bonds is 7. The smallest absolute Gasteiger partial charge is 0.0125 e. The summed E-state index contributed by atoms with van der Waals surface area (Å²) >= 11 is 0. The first kappa shape index (κ1) is 13.4. The van der Waals surface area contributed by atoms with Crippen LogP contribution in [0, 0.1) is 0 Å². The maximum absolute atomic E-state index is 3.75. The number of fused-ring (bicyclic) bond motifs is 2. The van der Waals surface area contributed by atoms with Crippen molar-refractivity contribution in [2.45, 2.75) is 83.3 Å². The lowest BCUT2D eigenvalue weighted by Crippen LogP contribution is -2.48. The van der Waals surface area contributed by atoms with Gasteiger partial charge in [0, 0.05) is 18.1 Å². The molecule has 0 amide bonds. The van der Waals surface area contributed by atoms with E-state index in [4.69, 9.17) is 0 Å². The van der Waals surface area contributed by atoms with E-state index in [1.807, 2.05) is 0 Å². The first-order valence-electron chi connectivity index (χ1n) is 7.83. The minimum atomic E-state index is 0.837. The van der Waals surface area contributed by atoms with E-state index in [9.17, 15) is 0 Å². The molecule has 2 heterocycles. The fourth-order valence-corrected chi connectivity index (χ4v) is 3.67. The van der Waals surface area contributed by atoms with Gasteiger partial charge in [0.05, 0.1) is 0 Å². The third kappa shape index (κ3) is 3.69. The van der Waals surface area contributed by atoms with Gasteiger partial charge in [0.25, 0.3) is 0 Å². The van der Waals surface area contributed by atoms with Crippen molar-refractivity contribution in [3.8, 4) is 0 Å². The molecule has 2 aliphatic rings. The predicted octanol–water partition coefficient (Wildman–Crippen LogP) is 3.17. The van der Waals surface area contributed by atoms with Crippen LogP contribution in [-0.2, 0) is 0 Å². The summed E-state index contributed by atoms with van der Waals surface area (Å²) < 4.78 is 0. The average molecular weight is 238 g/mol. The van der Waals surface area contributed by atoms with Crippen molar-refractivity contribution in [1.82, 2.24) is 10.2 Å². The molecule has 17 heavy (non-hydrogen) atoms. The molecule has 2 bridgehead atoms. The zero-order valence-corrected chi connectivity index (χ0v) is 11.8. The molecule has 0 saturated carbocycles. The fourth-order valence-electron chi connectivity index (χ4n) is 3.67. The van der Waals surface area contributed by atoms with Crippen LogP contribution in [0.2, 0.25) is 0 Å². The molecule has 2 aliphatic heterocycles. The summed E-state index contributed by atoms with van der Waals surface area (Å²) in [7, 11) is 0. The number of piperidine rings is 1. The standard InChI is InChI=1S/C15H30N2/c1-3-5-6-7-10-17(4-2)15-11-13-8-9-14(12-15)16-13/h13-16H,3-12H2,1-2H3. The van der Waals surface area contributed by atoms with Crippen molar-refractivity contribution in [2.75, 3.05) is 13.1 Å². The number of nitrogens with zero attached hydrogens (tertiary/aromatic N) is 1. The molecule has 2 heteroatoms. The highest BCUT2D eigenvalue weighted by Crippen LogP contribution is 2.29. The highest BCUT2D eigenvalue weighted by Gasteiger charge is 2.35. The third-order valence-corrected chi connectivity index (χ3v) is 4.67. The van der Waals surface area contributed by atoms with E-state index in [-0.39, 0.29) is 0 Å². The van der Waals surface area contributed by atoms with Gasteiger partial charge in [-0.25, -0.2) is 0 Å². The Morgan fingerprint density at radius 2 is 1.71 bits per heavy atom. The molecule has 0 aromatic heterocycles. The minimum Gasteiger partial charge on any atom is -0.311 e. The Morgan fingerprint density at radius 3 is 2.29 bits per heavy atom. The lowest BCUT2D eigenvalue weighted by Gasteiger charge is -2.37. The maximum atomic E-state index is 3.75. The van der Waals surface area contributed by atoms with Crippen molar-refractivity contribution in [1.29, 1.82) is 0 Å². The summed E-state index contributed by atoms with van der Waals surface area (Å²) in [6.45, 7) is 7.21. The van der Waals surface area contributed by atoms with Crippen molar-refractivity contribution < 1.29 is 0 Å². The zero-order chi connectivity index (χ0) is 12.1. The first-order valence-corrected chi connectivity index (χ1v) is 7.83. The van der Waals surface area contributed by atoms with Crippen molar-refractivity contribution in [3.63, 3.8) is 0 Å². The lowest BCUT2D eigenvalue weighted by molar-refractivity contribution is 0.145. The van der Waals surface area contributed by atoms with E-state index >= 15 is 0 Å². The Balaban J connectivity index is 1.73. The molecule has 2 rings (SSSR count). The summed E-state index contributed by atoms with van der Waals surface area (Å²) in [5.41, 5.74) is 0. The zero-order valence-electron chi connectivity index (χ0n) is 11.8. The second-order valence-corrected chi connectivity index (χ2v) is 5.95. The molecule has 2 unspecified atom stereocenters. The number of unbranched alkanes of at least 4 members (excludes halogenated alkanes) is 3. The normalized spacial score (nSPS) is 32.3. The van der Waals surface area contributed by atoms with Crippen LogP contribution in [-0.4, -0.2) is 36.1 Å². The Bertz CT molecular complexity index is 205. The van der Waals surface area contributed by atoms with Crippen LogP contribution in [0.4, 0.5) is 0 Å². The largest absolute Gasteiger partial charge is 0.311 e. The summed E-state index contributed by atoms with van der Waals surface area (Å²) in [4.78, 5) is 2.75. The third-order valence-electron chi connectivity index (χ3n) is 4.67. The quantitative estimate of drug-likeness (QED) is 0.685. The van der Waals surface area contributed by atoms with Gasteiger partial charge in [-0.1, -0.05) is 33.1 Å². The molecule has 2 saturated heterocycles. The van der Waals surface area contributed by atoms with Crippen LogP contribution in [0.25, 0.3) is 0 Å². The summed E-state index contributed by atoms with van der Waals surface area (Å²) in [5, 5.41) is 3.75. The second kappa shape index (κ2) is 6.75. The Morgan fingerprint density at radius 1 is 1.00 bits per heavy atom. The Hall–Kier alpha value is -0.0800. The van der Waals surface area contributed by atoms with Crippen LogP contribution >= 0.6 is 0 Å². The monoisotopic (exact) mass is 238 g/mol. The molecule has 2 nitrogen and oxygen atoms in total. The number of nitrogens with one attached hydrogen (secondary N) is 1. The molecule has 0 aromatic carbocycles. The predicted molar refractivity (Wildman–Crippen MR) is 74.4 cm³/mol. The van der Waals surface area contributed by atoms with Crippen LogP contribution < -0.4 is 5.32 Å². The van der Waals surface area contributed by atoms with Gasteiger partial charge in [-0.2, -0.15) is 0 Å². The summed E-state index contributed by atoms with van der Waals surface area (Å²) in [6, 6.07) is 2.55. The number of hydrogen-bond donors (Lipinski definition) is 1. The highest BCUT2D eigenvalue weighted by molar-refractivity contribution is 4.95. The van der Waals surface area contributed by atoms with Gasteiger partial charge in [-0.3, -0.25) is 0 Å². The van der Waals surface area contributed by atoms with Crippen LogP contribution in [0.15, 0.2) is 0 Å². The summed E-state index contributed by atoms with van der Waals surface area (Å²) in [5.74, 6) is 0. The molecule has 0 spiro atoms. The minimum absolute atomic E-state index is 0.837. The van der Waals surface area contributed by atoms with E-state index in [0.29, 0.717) is 0 Å². The molecule has 2 atom stereocenters. The average Bonchev–Trinajstić information content (AvgIpc) is 2.68. The van der Waals surface area contributed by atoms with Gasteiger partial charge in [0.1, 0.15) is 0 Å². The lowest BCUT2D eigenvalue weighted by atomic mass is 9.98. The van der Waals surface area contributed by atoms with Crippen LogP contribution in [0.3, 0.4) is 0 Å². The van der Waals surface area contributed by atoms with Gasteiger partial charge in [0.15, 0.2) is 0 Å². The molecule has 2 fully saturated rings. The highest BCUT2D eigenvalue weighted by atomic mass is 15.2. The van der Waals surface area contributed by atoms with Gasteiger partial charge < -0.3 is 10.2 Å². The van der Waals surface area contributed by atoms with Crippen molar-refractivity contribution in [2.24, 2.45) is 0 Å². The van der Waals surface area contributed by atoms with Crippen LogP contribution in [0.1, 0.15) is 65.2 Å².